The van der Waals surface area contributed by atoms with Gasteiger partial charge in [0.25, 0.3) is 0 Å². The Balaban J connectivity index is 3.32. The number of amides is 1. The van der Waals surface area contributed by atoms with Crippen molar-refractivity contribution in [2.24, 2.45) is 5.73 Å². The molecule has 3 N–H and O–H groups in total. The van der Waals surface area contributed by atoms with Crippen molar-refractivity contribution < 1.29 is 19.0 Å². The van der Waals surface area contributed by atoms with E-state index in [1.807, 2.05) is 0 Å². The van der Waals surface area contributed by atoms with Crippen LogP contribution in [-0.4, -0.2) is 34.3 Å². The summed E-state index contributed by atoms with van der Waals surface area (Å²) in [6, 6.07) is 3.19. The van der Waals surface area contributed by atoms with E-state index in [2.05, 4.69) is 5.32 Å². The second-order valence-corrected chi connectivity index (χ2v) is 3.96. The summed E-state index contributed by atoms with van der Waals surface area (Å²) < 4.78 is 15.9. The Kier molecular flexibility index (Phi) is 5.44. The number of nitrogens with one attached hydrogen (secondary N) is 1. The normalized spacial score (nSPS) is 11.8. The molecule has 0 aliphatic carbocycles. The molecule has 19 heavy (non-hydrogen) atoms. The van der Waals surface area contributed by atoms with Gasteiger partial charge in [0, 0.05) is 24.6 Å². The first kappa shape index (κ1) is 15.1. The Labute approximate surface area is 112 Å². The van der Waals surface area contributed by atoms with Crippen LogP contribution in [0.15, 0.2) is 12.1 Å². The Hall–Kier alpha value is -1.95. The summed E-state index contributed by atoms with van der Waals surface area (Å²) in [5.74, 6) is 1.37. The summed E-state index contributed by atoms with van der Waals surface area (Å²) in [5, 5.41) is 3.03. The molecule has 1 amide bonds. The van der Waals surface area contributed by atoms with Gasteiger partial charge >= 0.3 is 0 Å². The fourth-order valence-electron chi connectivity index (χ4n) is 1.93. The van der Waals surface area contributed by atoms with Gasteiger partial charge in [-0.3, -0.25) is 4.79 Å². The van der Waals surface area contributed by atoms with Gasteiger partial charge in [-0.05, 0) is 7.05 Å². The number of carbonyl (C=O) groups excluding carboxylic acids is 1. The minimum Gasteiger partial charge on any atom is -0.496 e. The summed E-state index contributed by atoms with van der Waals surface area (Å²) in [5.41, 5.74) is 6.00. The van der Waals surface area contributed by atoms with Crippen LogP contribution in [0.5, 0.6) is 17.2 Å². The van der Waals surface area contributed by atoms with Crippen molar-refractivity contribution in [3.05, 3.63) is 17.7 Å². The summed E-state index contributed by atoms with van der Waals surface area (Å²) in [7, 11) is 6.41. The van der Waals surface area contributed by atoms with Crippen molar-refractivity contribution >= 4 is 5.91 Å². The fourth-order valence-corrected chi connectivity index (χ4v) is 1.93. The zero-order chi connectivity index (χ0) is 14.4. The number of nitrogens with two attached hydrogens (primary N) is 1. The van der Waals surface area contributed by atoms with Crippen LogP contribution in [0.25, 0.3) is 0 Å². The average Bonchev–Trinajstić information content (AvgIpc) is 2.42. The molecule has 1 atom stereocenters. The van der Waals surface area contributed by atoms with Crippen molar-refractivity contribution in [3.63, 3.8) is 0 Å². The number of carbonyl (C=O) groups is 1. The first-order chi connectivity index (χ1) is 9.07. The van der Waals surface area contributed by atoms with Crippen LogP contribution in [0, 0.1) is 0 Å². The summed E-state index contributed by atoms with van der Waals surface area (Å²) >= 11 is 0. The van der Waals surface area contributed by atoms with Gasteiger partial charge in [-0.1, -0.05) is 0 Å². The van der Waals surface area contributed by atoms with Gasteiger partial charge < -0.3 is 25.3 Å². The predicted molar refractivity (Wildman–Crippen MR) is 71.7 cm³/mol. The largest absolute Gasteiger partial charge is 0.496 e. The van der Waals surface area contributed by atoms with Crippen LogP contribution < -0.4 is 25.3 Å². The lowest BCUT2D eigenvalue weighted by molar-refractivity contribution is -0.118. The van der Waals surface area contributed by atoms with E-state index in [0.717, 1.165) is 5.56 Å². The Bertz CT molecular complexity index is 423. The van der Waals surface area contributed by atoms with Crippen molar-refractivity contribution in [1.82, 2.24) is 5.32 Å². The molecule has 0 aliphatic rings. The van der Waals surface area contributed by atoms with E-state index in [1.165, 1.54) is 0 Å². The van der Waals surface area contributed by atoms with Gasteiger partial charge in [-0.2, -0.15) is 0 Å². The molecular weight excluding hydrogens is 248 g/mol. The van der Waals surface area contributed by atoms with E-state index in [-0.39, 0.29) is 12.5 Å². The highest BCUT2D eigenvalue weighted by atomic mass is 16.5. The standard InChI is InChI=1S/C13H20N2O4/c1-15-9(7-12(14)16)13-10(18-3)5-8(17-2)6-11(13)19-4/h5-6,9,15H,7H2,1-4H3,(H2,14,16). The highest BCUT2D eigenvalue weighted by Gasteiger charge is 2.22. The molecule has 0 aromatic heterocycles. The van der Waals surface area contributed by atoms with Crippen LogP contribution in [0.2, 0.25) is 0 Å². The third kappa shape index (κ3) is 3.51. The molecule has 1 aromatic rings. The minimum absolute atomic E-state index is 0.148. The zero-order valence-corrected chi connectivity index (χ0v) is 11.6. The van der Waals surface area contributed by atoms with E-state index in [1.54, 1.807) is 40.5 Å². The van der Waals surface area contributed by atoms with Crippen LogP contribution in [0.4, 0.5) is 0 Å². The SMILES string of the molecule is CNC(CC(N)=O)c1c(OC)cc(OC)cc1OC. The average molecular weight is 268 g/mol. The molecule has 0 bridgehead atoms. The lowest BCUT2D eigenvalue weighted by Crippen LogP contribution is -2.24. The maximum absolute atomic E-state index is 11.1. The van der Waals surface area contributed by atoms with Gasteiger partial charge in [-0.25, -0.2) is 0 Å². The van der Waals surface area contributed by atoms with Crippen molar-refractivity contribution in [1.29, 1.82) is 0 Å². The molecule has 0 saturated carbocycles. The molecule has 0 aliphatic heterocycles. The number of primary amides is 1. The van der Waals surface area contributed by atoms with E-state index < -0.39 is 5.91 Å². The maximum atomic E-state index is 11.1. The second-order valence-electron chi connectivity index (χ2n) is 3.96. The van der Waals surface area contributed by atoms with Crippen molar-refractivity contribution in [2.45, 2.75) is 12.5 Å². The van der Waals surface area contributed by atoms with Crippen molar-refractivity contribution in [3.8, 4) is 17.2 Å². The number of ether oxygens (including phenoxy) is 3. The molecule has 0 fully saturated rings. The predicted octanol–water partition coefficient (Wildman–Crippen LogP) is 0.848. The van der Waals surface area contributed by atoms with Gasteiger partial charge in [0.05, 0.1) is 26.9 Å². The first-order valence-electron chi connectivity index (χ1n) is 5.82. The first-order valence-corrected chi connectivity index (χ1v) is 5.82. The molecule has 0 saturated heterocycles. The molecule has 6 nitrogen and oxygen atoms in total. The fraction of sp³-hybridized carbons (Fsp3) is 0.462. The van der Waals surface area contributed by atoms with Gasteiger partial charge in [0.2, 0.25) is 5.91 Å². The van der Waals surface area contributed by atoms with Crippen molar-refractivity contribution in [2.75, 3.05) is 28.4 Å². The molecule has 0 heterocycles. The summed E-state index contributed by atoms with van der Waals surface area (Å²) in [6.45, 7) is 0. The molecule has 0 spiro atoms. The Morgan fingerprint density at radius 1 is 1.21 bits per heavy atom. The van der Waals surface area contributed by atoms with E-state index in [4.69, 9.17) is 19.9 Å². The molecule has 0 radical (unpaired) electrons. The molecule has 6 heteroatoms. The molecular formula is C13H20N2O4. The number of hydrogen-bond acceptors (Lipinski definition) is 5. The van der Waals surface area contributed by atoms with Crippen LogP contribution in [0.3, 0.4) is 0 Å². The van der Waals surface area contributed by atoms with Crippen LogP contribution in [0.1, 0.15) is 18.0 Å². The summed E-state index contributed by atoms with van der Waals surface area (Å²) in [4.78, 5) is 11.1. The molecule has 1 rings (SSSR count). The number of benzene rings is 1. The smallest absolute Gasteiger partial charge is 0.219 e. The minimum atomic E-state index is -0.403. The Morgan fingerprint density at radius 2 is 1.74 bits per heavy atom. The van der Waals surface area contributed by atoms with E-state index in [9.17, 15) is 4.79 Å². The second kappa shape index (κ2) is 6.84. The molecule has 1 unspecified atom stereocenters. The lowest BCUT2D eigenvalue weighted by atomic mass is 10.0. The summed E-state index contributed by atoms with van der Waals surface area (Å²) in [6.07, 6.45) is 0.148. The third-order valence-electron chi connectivity index (χ3n) is 2.86. The van der Waals surface area contributed by atoms with E-state index in [0.29, 0.717) is 17.2 Å². The van der Waals surface area contributed by atoms with Gasteiger partial charge in [-0.15, -0.1) is 0 Å². The quantitative estimate of drug-likeness (QED) is 0.766. The third-order valence-corrected chi connectivity index (χ3v) is 2.86. The number of methoxy groups -OCH3 is 3. The highest BCUT2D eigenvalue weighted by molar-refractivity contribution is 5.75. The van der Waals surface area contributed by atoms with E-state index >= 15 is 0 Å². The number of hydrogen-bond donors (Lipinski definition) is 2. The monoisotopic (exact) mass is 268 g/mol. The number of rotatable bonds is 7. The zero-order valence-electron chi connectivity index (χ0n) is 11.6. The van der Waals surface area contributed by atoms with Crippen LogP contribution in [-0.2, 0) is 4.79 Å². The lowest BCUT2D eigenvalue weighted by Gasteiger charge is -2.21. The highest BCUT2D eigenvalue weighted by Crippen LogP contribution is 2.39. The maximum Gasteiger partial charge on any atom is 0.219 e. The van der Waals surface area contributed by atoms with Gasteiger partial charge in [0.15, 0.2) is 0 Å². The topological polar surface area (TPSA) is 82.8 Å². The molecule has 1 aromatic carbocycles. The van der Waals surface area contributed by atoms with Gasteiger partial charge in [0.1, 0.15) is 17.2 Å². The van der Waals surface area contributed by atoms with Crippen LogP contribution >= 0.6 is 0 Å². The molecule has 106 valence electrons. The Morgan fingerprint density at radius 3 is 2.05 bits per heavy atom.